The van der Waals surface area contributed by atoms with Gasteiger partial charge in [0.1, 0.15) is 5.60 Å². The normalized spacial score (nSPS) is 15.6. The quantitative estimate of drug-likeness (QED) is 0.474. The number of aromatic nitrogens is 2. The SMILES string of the molecule is CC(C)(C)OC(=O)NCC1Cc2c(cnn2Cc2cccc(C(N)=O)c2)N(c2ccc(C(F)(F)F)cc2)C1. The molecule has 8 nitrogen and oxygen atoms in total. The standard InChI is InChI=1S/C27H30F3N5O3/c1-26(2,3)38-25(37)32-13-18-12-22-23(34(15-18)21-9-7-20(8-10-21)27(28,29)30)14-33-35(22)16-17-5-4-6-19(11-17)24(31)36/h4-11,14,18H,12-13,15-16H2,1-3H3,(H2,31,36)(H,32,37). The second-order valence-corrected chi connectivity index (χ2v) is 10.3. The third kappa shape index (κ3) is 6.45. The van der Waals surface area contributed by atoms with E-state index in [-0.39, 0.29) is 5.92 Å². The van der Waals surface area contributed by atoms with E-state index in [1.807, 2.05) is 11.0 Å². The number of rotatable bonds is 6. The number of carbonyl (C=O) groups excluding carboxylic acids is 2. The Bertz CT molecular complexity index is 1310. The molecule has 3 aromatic rings. The van der Waals surface area contributed by atoms with Gasteiger partial charge in [0.15, 0.2) is 0 Å². The summed E-state index contributed by atoms with van der Waals surface area (Å²) in [5, 5.41) is 7.35. The minimum atomic E-state index is -4.43. The highest BCUT2D eigenvalue weighted by Crippen LogP contribution is 2.37. The van der Waals surface area contributed by atoms with Crippen molar-refractivity contribution in [2.45, 2.75) is 45.5 Å². The van der Waals surface area contributed by atoms with Crippen molar-refractivity contribution in [2.75, 3.05) is 18.0 Å². The van der Waals surface area contributed by atoms with Crippen molar-refractivity contribution in [3.8, 4) is 0 Å². The number of primary amides is 1. The highest BCUT2D eigenvalue weighted by atomic mass is 19.4. The van der Waals surface area contributed by atoms with Gasteiger partial charge in [-0.15, -0.1) is 0 Å². The number of ether oxygens (including phenoxy) is 1. The fourth-order valence-electron chi connectivity index (χ4n) is 4.42. The Kier molecular flexibility index (Phi) is 7.39. The van der Waals surface area contributed by atoms with Crippen LogP contribution < -0.4 is 16.0 Å². The summed E-state index contributed by atoms with van der Waals surface area (Å²) >= 11 is 0. The third-order valence-electron chi connectivity index (χ3n) is 6.12. The number of carbonyl (C=O) groups is 2. The maximum Gasteiger partial charge on any atom is 0.416 e. The number of nitrogens with one attached hydrogen (secondary N) is 1. The van der Waals surface area contributed by atoms with Gasteiger partial charge in [0.2, 0.25) is 5.91 Å². The fraction of sp³-hybridized carbons (Fsp3) is 0.370. The van der Waals surface area contributed by atoms with Crippen LogP contribution in [-0.4, -0.2) is 40.5 Å². The summed E-state index contributed by atoms with van der Waals surface area (Å²) in [6.45, 7) is 6.45. The van der Waals surface area contributed by atoms with Gasteiger partial charge in [-0.1, -0.05) is 12.1 Å². The van der Waals surface area contributed by atoms with Crippen LogP contribution in [0, 0.1) is 5.92 Å². The summed E-state index contributed by atoms with van der Waals surface area (Å²) in [4.78, 5) is 25.8. The first kappa shape index (κ1) is 27.0. The molecule has 0 fully saturated rings. The Morgan fingerprint density at radius 3 is 2.47 bits per heavy atom. The van der Waals surface area contributed by atoms with Crippen molar-refractivity contribution >= 4 is 23.4 Å². The number of halogens is 3. The number of benzene rings is 2. The van der Waals surface area contributed by atoms with E-state index in [4.69, 9.17) is 10.5 Å². The van der Waals surface area contributed by atoms with Crippen molar-refractivity contribution in [2.24, 2.45) is 11.7 Å². The van der Waals surface area contributed by atoms with Crippen molar-refractivity contribution in [3.05, 3.63) is 77.1 Å². The summed E-state index contributed by atoms with van der Waals surface area (Å²) in [5.74, 6) is -0.610. The molecule has 4 rings (SSSR count). The molecule has 202 valence electrons. The highest BCUT2D eigenvalue weighted by Gasteiger charge is 2.32. The number of hydrogen-bond acceptors (Lipinski definition) is 5. The number of nitrogens with zero attached hydrogens (tertiary/aromatic N) is 3. The predicted octanol–water partition coefficient (Wildman–Crippen LogP) is 4.88. The van der Waals surface area contributed by atoms with Gasteiger partial charge in [0.05, 0.1) is 29.7 Å². The zero-order valence-corrected chi connectivity index (χ0v) is 21.4. The van der Waals surface area contributed by atoms with E-state index >= 15 is 0 Å². The van der Waals surface area contributed by atoms with Gasteiger partial charge >= 0.3 is 12.3 Å². The maximum atomic E-state index is 13.1. The number of hydrogen-bond donors (Lipinski definition) is 2. The first-order valence-electron chi connectivity index (χ1n) is 12.2. The number of nitrogens with two attached hydrogens (primary N) is 1. The molecule has 38 heavy (non-hydrogen) atoms. The van der Waals surface area contributed by atoms with Crippen molar-refractivity contribution < 1.29 is 27.5 Å². The van der Waals surface area contributed by atoms with E-state index in [1.54, 1.807) is 49.8 Å². The molecule has 11 heteroatoms. The number of amides is 2. The van der Waals surface area contributed by atoms with Crippen molar-refractivity contribution in [1.82, 2.24) is 15.1 Å². The second kappa shape index (κ2) is 10.4. The molecule has 2 amide bonds. The van der Waals surface area contributed by atoms with E-state index in [2.05, 4.69) is 10.4 Å². The van der Waals surface area contributed by atoms with Crippen LogP contribution in [0.2, 0.25) is 0 Å². The molecule has 1 atom stereocenters. The average Bonchev–Trinajstić information content (AvgIpc) is 3.23. The van der Waals surface area contributed by atoms with E-state index in [9.17, 15) is 22.8 Å². The molecule has 0 aliphatic carbocycles. The van der Waals surface area contributed by atoms with Crippen LogP contribution in [0.1, 0.15) is 48.0 Å². The van der Waals surface area contributed by atoms with Crippen LogP contribution >= 0.6 is 0 Å². The van der Waals surface area contributed by atoms with Gasteiger partial charge < -0.3 is 20.7 Å². The molecule has 1 aliphatic rings. The molecule has 2 heterocycles. The molecular formula is C27H30F3N5O3. The zero-order valence-electron chi connectivity index (χ0n) is 21.4. The van der Waals surface area contributed by atoms with Gasteiger partial charge in [-0.25, -0.2) is 4.79 Å². The van der Waals surface area contributed by atoms with Gasteiger partial charge in [-0.05, 0) is 75.1 Å². The maximum absolute atomic E-state index is 13.1. The molecular weight excluding hydrogens is 499 g/mol. The Hall–Kier alpha value is -4.02. The molecule has 0 radical (unpaired) electrons. The van der Waals surface area contributed by atoms with E-state index in [0.717, 1.165) is 29.1 Å². The summed E-state index contributed by atoms with van der Waals surface area (Å²) in [6, 6.07) is 11.9. The van der Waals surface area contributed by atoms with Crippen molar-refractivity contribution in [3.63, 3.8) is 0 Å². The fourth-order valence-corrected chi connectivity index (χ4v) is 4.42. The number of anilines is 2. The van der Waals surface area contributed by atoms with Gasteiger partial charge in [-0.3, -0.25) is 9.48 Å². The lowest BCUT2D eigenvalue weighted by Gasteiger charge is -2.35. The lowest BCUT2D eigenvalue weighted by Crippen LogP contribution is -2.41. The molecule has 0 saturated heterocycles. The number of alkyl carbamates (subject to hydrolysis) is 1. The highest BCUT2D eigenvalue weighted by molar-refractivity contribution is 5.92. The van der Waals surface area contributed by atoms with Crippen LogP contribution in [0.25, 0.3) is 0 Å². The monoisotopic (exact) mass is 529 g/mol. The topological polar surface area (TPSA) is 102 Å². The third-order valence-corrected chi connectivity index (χ3v) is 6.12. The first-order valence-corrected chi connectivity index (χ1v) is 12.2. The average molecular weight is 530 g/mol. The summed E-state index contributed by atoms with van der Waals surface area (Å²) in [7, 11) is 0. The number of alkyl halides is 3. The van der Waals surface area contributed by atoms with Gasteiger partial charge in [0, 0.05) is 24.3 Å². The summed E-state index contributed by atoms with van der Waals surface area (Å²) in [5.41, 5.74) is 7.45. The van der Waals surface area contributed by atoms with Crippen LogP contribution in [0.15, 0.2) is 54.7 Å². The Morgan fingerprint density at radius 1 is 1.13 bits per heavy atom. The smallest absolute Gasteiger partial charge is 0.416 e. The Labute approximate surface area is 218 Å². The van der Waals surface area contributed by atoms with Gasteiger partial charge in [0.25, 0.3) is 0 Å². The van der Waals surface area contributed by atoms with E-state index in [1.165, 1.54) is 12.1 Å². The molecule has 3 N–H and O–H groups in total. The minimum absolute atomic E-state index is 0.0790. The molecule has 0 spiro atoms. The van der Waals surface area contributed by atoms with Crippen LogP contribution in [0.5, 0.6) is 0 Å². The lowest BCUT2D eigenvalue weighted by atomic mass is 9.96. The van der Waals surface area contributed by atoms with E-state index < -0.39 is 29.3 Å². The Balaban J connectivity index is 1.62. The van der Waals surface area contributed by atoms with Crippen LogP contribution in [0.3, 0.4) is 0 Å². The molecule has 1 unspecified atom stereocenters. The lowest BCUT2D eigenvalue weighted by molar-refractivity contribution is -0.137. The minimum Gasteiger partial charge on any atom is -0.444 e. The Morgan fingerprint density at radius 2 is 1.84 bits per heavy atom. The second-order valence-electron chi connectivity index (χ2n) is 10.3. The summed E-state index contributed by atoms with van der Waals surface area (Å²) in [6.07, 6.45) is -2.73. The first-order chi connectivity index (χ1) is 17.8. The number of fused-ring (bicyclic) bond motifs is 1. The van der Waals surface area contributed by atoms with Gasteiger partial charge in [-0.2, -0.15) is 18.3 Å². The zero-order chi connectivity index (χ0) is 27.7. The van der Waals surface area contributed by atoms with Crippen LogP contribution in [0.4, 0.5) is 29.3 Å². The van der Waals surface area contributed by atoms with Crippen LogP contribution in [-0.2, 0) is 23.9 Å². The molecule has 1 aliphatic heterocycles. The molecule has 0 bridgehead atoms. The molecule has 0 saturated carbocycles. The predicted molar refractivity (Wildman–Crippen MR) is 136 cm³/mol. The molecule has 1 aromatic heterocycles. The summed E-state index contributed by atoms with van der Waals surface area (Å²) < 4.78 is 46.6. The van der Waals surface area contributed by atoms with E-state index in [0.29, 0.717) is 37.3 Å². The molecule has 2 aromatic carbocycles. The van der Waals surface area contributed by atoms with Crippen molar-refractivity contribution in [1.29, 1.82) is 0 Å². The largest absolute Gasteiger partial charge is 0.444 e.